The summed E-state index contributed by atoms with van der Waals surface area (Å²) in [6.45, 7) is 3.64. The van der Waals surface area contributed by atoms with Crippen LogP contribution in [-0.2, 0) is 19.2 Å². The van der Waals surface area contributed by atoms with Crippen molar-refractivity contribution in [1.82, 2.24) is 10.2 Å². The third-order valence-corrected chi connectivity index (χ3v) is 7.75. The third kappa shape index (κ3) is 9.53. The summed E-state index contributed by atoms with van der Waals surface area (Å²) in [6.07, 6.45) is 8.30. The summed E-state index contributed by atoms with van der Waals surface area (Å²) in [6, 6.07) is -1.48. The summed E-state index contributed by atoms with van der Waals surface area (Å²) >= 11 is 0. The number of nitrogens with one attached hydrogen (secondary N) is 1. The first kappa shape index (κ1) is 30.3. The van der Waals surface area contributed by atoms with Gasteiger partial charge in [0.1, 0.15) is 11.6 Å². The molecule has 0 bridgehead atoms. The molecular formula is C26H46N4O6. The molecule has 0 aromatic carbocycles. The first-order chi connectivity index (χ1) is 17.0. The number of likely N-dealkylation sites (N-methyl/N-ethyl adjacent to an activating group) is 1. The van der Waals surface area contributed by atoms with Gasteiger partial charge in [-0.2, -0.15) is 0 Å². The fraction of sp³-hybridized carbons (Fsp3) is 0.846. The van der Waals surface area contributed by atoms with E-state index in [0.717, 1.165) is 70.9 Å². The van der Waals surface area contributed by atoms with E-state index in [2.05, 4.69) is 5.32 Å². The zero-order valence-electron chi connectivity index (χ0n) is 21.8. The SMILES string of the molecule is CCN(CC(=O)C(C(=O)[C@@H](N)CC(=O)O)C(N)(O)CC1CCCCC1)C(=O)CCCC1CCNCC1. The highest BCUT2D eigenvalue weighted by atomic mass is 16.4. The van der Waals surface area contributed by atoms with Crippen LogP contribution in [0.3, 0.4) is 0 Å². The first-order valence-electron chi connectivity index (χ1n) is 13.6. The van der Waals surface area contributed by atoms with Gasteiger partial charge in [-0.05, 0) is 64.0 Å². The van der Waals surface area contributed by atoms with Crippen molar-refractivity contribution in [3.63, 3.8) is 0 Å². The summed E-state index contributed by atoms with van der Waals surface area (Å²) < 4.78 is 0. The molecule has 2 rings (SSSR count). The van der Waals surface area contributed by atoms with Gasteiger partial charge in [-0.25, -0.2) is 0 Å². The van der Waals surface area contributed by atoms with E-state index in [4.69, 9.17) is 16.6 Å². The largest absolute Gasteiger partial charge is 0.481 e. The van der Waals surface area contributed by atoms with Gasteiger partial charge in [-0.3, -0.25) is 19.2 Å². The van der Waals surface area contributed by atoms with Crippen LogP contribution in [-0.4, -0.2) is 76.5 Å². The molecule has 1 aliphatic heterocycles. The topological polar surface area (TPSA) is 176 Å². The van der Waals surface area contributed by atoms with Crippen molar-refractivity contribution in [2.24, 2.45) is 29.2 Å². The molecule has 1 amide bonds. The van der Waals surface area contributed by atoms with Crippen LogP contribution in [0, 0.1) is 17.8 Å². The minimum Gasteiger partial charge on any atom is -0.481 e. The summed E-state index contributed by atoms with van der Waals surface area (Å²) in [4.78, 5) is 51.9. The van der Waals surface area contributed by atoms with E-state index in [1.54, 1.807) is 6.92 Å². The molecule has 2 fully saturated rings. The van der Waals surface area contributed by atoms with Crippen LogP contribution >= 0.6 is 0 Å². The van der Waals surface area contributed by atoms with E-state index in [0.29, 0.717) is 12.3 Å². The maximum absolute atomic E-state index is 13.4. The van der Waals surface area contributed by atoms with Crippen molar-refractivity contribution >= 4 is 23.4 Å². The number of nitrogens with zero attached hydrogens (tertiary/aromatic N) is 1. The Morgan fingerprint density at radius 1 is 1.06 bits per heavy atom. The zero-order valence-corrected chi connectivity index (χ0v) is 21.8. The third-order valence-electron chi connectivity index (χ3n) is 7.75. The van der Waals surface area contributed by atoms with Crippen molar-refractivity contribution in [3.8, 4) is 0 Å². The van der Waals surface area contributed by atoms with Crippen LogP contribution in [0.25, 0.3) is 0 Å². The van der Waals surface area contributed by atoms with Crippen LogP contribution in [0.5, 0.6) is 0 Å². The van der Waals surface area contributed by atoms with Crippen LogP contribution in [0.15, 0.2) is 0 Å². The quantitative estimate of drug-likeness (QED) is 0.160. The number of hydrogen-bond acceptors (Lipinski definition) is 8. The maximum atomic E-state index is 13.4. The van der Waals surface area contributed by atoms with Crippen LogP contribution in [0.1, 0.15) is 84.0 Å². The summed E-state index contributed by atoms with van der Waals surface area (Å²) in [7, 11) is 0. The standard InChI is InChI=1S/C26H46N4O6/c1-2-30(22(32)10-6-9-18-11-13-29-14-12-18)17-21(31)24(25(35)20(27)15-23(33)34)26(28,36)16-19-7-4-3-5-8-19/h18-20,24,29,36H,2-17,27-28H2,1H3,(H,33,34)/t20-,24?,26?/m0/s1. The molecule has 1 saturated heterocycles. The number of nitrogens with two attached hydrogens (primary N) is 2. The average molecular weight is 511 g/mol. The van der Waals surface area contributed by atoms with Crippen LogP contribution in [0.4, 0.5) is 0 Å². The zero-order chi connectivity index (χ0) is 26.7. The Kier molecular flexibility index (Phi) is 12.4. The van der Waals surface area contributed by atoms with E-state index in [1.807, 2.05) is 0 Å². The van der Waals surface area contributed by atoms with E-state index in [9.17, 15) is 24.3 Å². The molecule has 206 valence electrons. The van der Waals surface area contributed by atoms with Crippen LogP contribution in [0.2, 0.25) is 0 Å². The molecule has 10 heteroatoms. The van der Waals surface area contributed by atoms with Crippen molar-refractivity contribution in [2.75, 3.05) is 26.2 Å². The summed E-state index contributed by atoms with van der Waals surface area (Å²) in [5.41, 5.74) is 9.87. The predicted octanol–water partition coefficient (Wildman–Crippen LogP) is 1.18. The number of carboxylic acid groups (broad SMARTS) is 1. The molecule has 1 saturated carbocycles. The highest BCUT2D eigenvalue weighted by molar-refractivity contribution is 6.07. The Morgan fingerprint density at radius 3 is 2.28 bits per heavy atom. The number of aliphatic carboxylic acids is 1. The summed E-state index contributed by atoms with van der Waals surface area (Å²) in [5.74, 6) is -4.09. The predicted molar refractivity (Wildman–Crippen MR) is 136 cm³/mol. The lowest BCUT2D eigenvalue weighted by Crippen LogP contribution is -2.59. The number of ketones is 2. The number of amides is 1. The van der Waals surface area contributed by atoms with Gasteiger partial charge in [-0.1, -0.05) is 32.1 Å². The minimum atomic E-state index is -2.16. The van der Waals surface area contributed by atoms with Crippen molar-refractivity contribution < 1.29 is 29.4 Å². The van der Waals surface area contributed by atoms with Gasteiger partial charge < -0.3 is 31.9 Å². The van der Waals surface area contributed by atoms with E-state index >= 15 is 0 Å². The number of Topliss-reactive ketones (excluding diaryl/α,β-unsaturated/α-hetero) is 2. The molecule has 10 nitrogen and oxygen atoms in total. The van der Waals surface area contributed by atoms with Crippen molar-refractivity contribution in [3.05, 3.63) is 0 Å². The lowest BCUT2D eigenvalue weighted by atomic mass is 9.76. The Balaban J connectivity index is 2.08. The second-order valence-corrected chi connectivity index (χ2v) is 10.7. The number of carboxylic acids is 1. The molecular weight excluding hydrogens is 464 g/mol. The highest BCUT2D eigenvalue weighted by Gasteiger charge is 2.46. The molecule has 36 heavy (non-hydrogen) atoms. The molecule has 0 spiro atoms. The van der Waals surface area contributed by atoms with E-state index in [1.165, 1.54) is 4.90 Å². The normalized spacial score (nSPS) is 20.8. The first-order valence-corrected chi connectivity index (χ1v) is 13.6. The Hall–Kier alpha value is -1.88. The molecule has 0 aromatic heterocycles. The lowest BCUT2D eigenvalue weighted by Gasteiger charge is -2.36. The summed E-state index contributed by atoms with van der Waals surface area (Å²) in [5, 5.41) is 23.6. The molecule has 0 aromatic rings. The maximum Gasteiger partial charge on any atom is 0.305 e. The van der Waals surface area contributed by atoms with Gasteiger partial charge in [0, 0.05) is 13.0 Å². The van der Waals surface area contributed by atoms with Gasteiger partial charge in [0.25, 0.3) is 0 Å². The van der Waals surface area contributed by atoms with Gasteiger partial charge in [-0.15, -0.1) is 0 Å². The number of aliphatic hydroxyl groups is 1. The van der Waals surface area contributed by atoms with Gasteiger partial charge in [0.2, 0.25) is 5.91 Å². The second kappa shape index (κ2) is 14.8. The van der Waals surface area contributed by atoms with E-state index < -0.39 is 41.6 Å². The molecule has 3 atom stereocenters. The second-order valence-electron chi connectivity index (χ2n) is 10.7. The molecule has 1 heterocycles. The molecule has 7 N–H and O–H groups in total. The average Bonchev–Trinajstić information content (AvgIpc) is 2.82. The lowest BCUT2D eigenvalue weighted by molar-refractivity contribution is -0.152. The number of hydrogen-bond donors (Lipinski definition) is 5. The Labute approximate surface area is 214 Å². The number of carbonyl (C=O) groups excluding carboxylic acids is 3. The Morgan fingerprint density at radius 2 is 1.69 bits per heavy atom. The number of rotatable bonds is 15. The van der Waals surface area contributed by atoms with Gasteiger partial charge in [0.05, 0.1) is 19.0 Å². The van der Waals surface area contributed by atoms with Crippen LogP contribution < -0.4 is 16.8 Å². The number of carbonyl (C=O) groups is 4. The van der Waals surface area contributed by atoms with Crippen molar-refractivity contribution in [1.29, 1.82) is 0 Å². The monoisotopic (exact) mass is 510 g/mol. The van der Waals surface area contributed by atoms with Gasteiger partial charge in [0.15, 0.2) is 11.6 Å². The number of piperidine rings is 1. The smallest absolute Gasteiger partial charge is 0.305 e. The molecule has 2 aliphatic rings. The van der Waals surface area contributed by atoms with Gasteiger partial charge >= 0.3 is 5.97 Å². The Bertz CT molecular complexity index is 747. The fourth-order valence-corrected chi connectivity index (χ4v) is 5.68. The molecule has 0 radical (unpaired) electrons. The minimum absolute atomic E-state index is 0.0469. The van der Waals surface area contributed by atoms with Crippen molar-refractivity contribution in [2.45, 2.75) is 95.7 Å². The fourth-order valence-electron chi connectivity index (χ4n) is 5.68. The molecule has 1 aliphatic carbocycles. The highest BCUT2D eigenvalue weighted by Crippen LogP contribution is 2.33. The van der Waals surface area contributed by atoms with E-state index in [-0.39, 0.29) is 31.3 Å². The molecule has 2 unspecified atom stereocenters.